The molecule has 0 radical (unpaired) electrons. The molecule has 0 bridgehead atoms. The summed E-state index contributed by atoms with van der Waals surface area (Å²) in [6, 6.07) is 4.21. The number of amides is 1. The molecule has 1 unspecified atom stereocenters. The largest absolute Gasteiger partial charge is 0.330 e. The Morgan fingerprint density at radius 2 is 2.10 bits per heavy atom. The van der Waals surface area contributed by atoms with Crippen LogP contribution in [0.1, 0.15) is 19.8 Å². The first-order valence-electron chi connectivity index (χ1n) is 6.30. The second kappa shape index (κ2) is 7.06. The van der Waals surface area contributed by atoms with Gasteiger partial charge in [-0.15, -0.1) is 0 Å². The number of hydrogen-bond acceptors (Lipinski definition) is 4. The van der Waals surface area contributed by atoms with Crippen molar-refractivity contribution in [1.29, 1.82) is 0 Å². The van der Waals surface area contributed by atoms with Gasteiger partial charge in [-0.2, -0.15) is 0 Å². The third kappa shape index (κ3) is 4.47. The molecular weight excluding hydrogens is 300 g/mol. The van der Waals surface area contributed by atoms with E-state index in [4.69, 9.17) is 17.3 Å². The average molecular weight is 319 g/mol. The van der Waals surface area contributed by atoms with Crippen molar-refractivity contribution in [3.8, 4) is 0 Å². The predicted molar refractivity (Wildman–Crippen MR) is 80.6 cm³/mol. The molecule has 3 N–H and O–H groups in total. The molecule has 5 nitrogen and oxygen atoms in total. The maximum absolute atomic E-state index is 12.0. The lowest BCUT2D eigenvalue weighted by Gasteiger charge is -2.15. The fourth-order valence-electron chi connectivity index (χ4n) is 1.77. The molecule has 1 atom stereocenters. The standard InChI is InChI=1S/C13H19ClN2O3S/c1-3-4-9(8-15)13(17)16-12-7-10(20(2,18)19)5-6-11(12)14/h5-7,9H,3-4,8,15H2,1-2H3,(H,16,17). The van der Waals surface area contributed by atoms with Gasteiger partial charge in [-0.1, -0.05) is 24.9 Å². The van der Waals surface area contributed by atoms with E-state index in [0.717, 1.165) is 12.7 Å². The molecule has 1 amide bonds. The summed E-state index contributed by atoms with van der Waals surface area (Å²) in [5.74, 6) is -0.556. The van der Waals surface area contributed by atoms with Crippen LogP contribution in [0, 0.1) is 5.92 Å². The highest BCUT2D eigenvalue weighted by Crippen LogP contribution is 2.26. The number of nitrogens with two attached hydrogens (primary N) is 1. The van der Waals surface area contributed by atoms with E-state index in [1.165, 1.54) is 18.2 Å². The molecule has 0 spiro atoms. The quantitative estimate of drug-likeness (QED) is 0.840. The Bertz CT molecular complexity index is 587. The lowest BCUT2D eigenvalue weighted by atomic mass is 10.0. The van der Waals surface area contributed by atoms with Crippen LogP contribution in [0.4, 0.5) is 5.69 Å². The van der Waals surface area contributed by atoms with Crippen molar-refractivity contribution < 1.29 is 13.2 Å². The second-order valence-electron chi connectivity index (χ2n) is 4.62. The van der Waals surface area contributed by atoms with Crippen molar-refractivity contribution in [3.63, 3.8) is 0 Å². The molecule has 0 heterocycles. The van der Waals surface area contributed by atoms with Gasteiger partial charge in [0.25, 0.3) is 0 Å². The van der Waals surface area contributed by atoms with Crippen LogP contribution in [0.3, 0.4) is 0 Å². The fourth-order valence-corrected chi connectivity index (χ4v) is 2.58. The molecule has 0 aliphatic heterocycles. The van der Waals surface area contributed by atoms with Crippen LogP contribution in [0.25, 0.3) is 0 Å². The minimum absolute atomic E-state index is 0.108. The number of nitrogens with one attached hydrogen (secondary N) is 1. The Morgan fingerprint density at radius 3 is 2.60 bits per heavy atom. The highest BCUT2D eigenvalue weighted by atomic mass is 35.5. The molecule has 0 aliphatic carbocycles. The molecule has 1 aromatic rings. The summed E-state index contributed by atoms with van der Waals surface area (Å²) in [5, 5.41) is 2.93. The minimum atomic E-state index is -3.35. The van der Waals surface area contributed by atoms with Crippen molar-refractivity contribution in [3.05, 3.63) is 23.2 Å². The molecule has 20 heavy (non-hydrogen) atoms. The van der Waals surface area contributed by atoms with Crippen LogP contribution in [-0.4, -0.2) is 27.1 Å². The summed E-state index contributed by atoms with van der Waals surface area (Å²) < 4.78 is 23.0. The van der Waals surface area contributed by atoms with Gasteiger partial charge < -0.3 is 11.1 Å². The monoisotopic (exact) mass is 318 g/mol. The molecular formula is C13H19ClN2O3S. The van der Waals surface area contributed by atoms with Gasteiger partial charge in [-0.25, -0.2) is 8.42 Å². The van der Waals surface area contributed by atoms with E-state index in [1.807, 2.05) is 6.92 Å². The molecule has 1 aromatic carbocycles. The Labute approximate surface area is 124 Å². The van der Waals surface area contributed by atoms with Gasteiger partial charge in [0.15, 0.2) is 9.84 Å². The molecule has 0 fully saturated rings. The van der Waals surface area contributed by atoms with Crippen molar-refractivity contribution >= 4 is 33.0 Å². The minimum Gasteiger partial charge on any atom is -0.330 e. The summed E-state index contributed by atoms with van der Waals surface area (Å²) in [6.07, 6.45) is 2.61. The predicted octanol–water partition coefficient (Wildman–Crippen LogP) is 2.06. The Kier molecular flexibility index (Phi) is 5.98. The summed E-state index contributed by atoms with van der Waals surface area (Å²) in [4.78, 5) is 12.2. The summed E-state index contributed by atoms with van der Waals surface area (Å²) >= 11 is 5.97. The van der Waals surface area contributed by atoms with Gasteiger partial charge in [0.05, 0.1) is 21.5 Å². The van der Waals surface area contributed by atoms with Crippen molar-refractivity contribution in [2.24, 2.45) is 11.7 Å². The van der Waals surface area contributed by atoms with Gasteiger partial charge in [0.2, 0.25) is 5.91 Å². The number of halogens is 1. The molecule has 7 heteroatoms. The molecule has 0 aliphatic rings. The molecule has 1 rings (SSSR count). The van der Waals surface area contributed by atoms with Crippen LogP contribution in [0.5, 0.6) is 0 Å². The van der Waals surface area contributed by atoms with Gasteiger partial charge in [-0.05, 0) is 24.6 Å². The topological polar surface area (TPSA) is 89.3 Å². The van der Waals surface area contributed by atoms with Gasteiger partial charge in [0.1, 0.15) is 0 Å². The van der Waals surface area contributed by atoms with Crippen LogP contribution in [-0.2, 0) is 14.6 Å². The lowest BCUT2D eigenvalue weighted by molar-refractivity contribution is -0.119. The van der Waals surface area contributed by atoms with Crippen LogP contribution >= 0.6 is 11.6 Å². The van der Waals surface area contributed by atoms with E-state index in [2.05, 4.69) is 5.32 Å². The normalized spacial score (nSPS) is 13.0. The van der Waals surface area contributed by atoms with Crippen molar-refractivity contribution in [1.82, 2.24) is 0 Å². The first-order valence-corrected chi connectivity index (χ1v) is 8.57. The van der Waals surface area contributed by atoms with Crippen LogP contribution in [0.2, 0.25) is 5.02 Å². The Hall–Kier alpha value is -1.11. The zero-order valence-electron chi connectivity index (χ0n) is 11.5. The van der Waals surface area contributed by atoms with E-state index in [1.54, 1.807) is 0 Å². The first-order chi connectivity index (χ1) is 9.29. The highest BCUT2D eigenvalue weighted by Gasteiger charge is 2.18. The molecule has 0 aromatic heterocycles. The van der Waals surface area contributed by atoms with Gasteiger partial charge in [-0.3, -0.25) is 4.79 Å². The summed E-state index contributed by atoms with van der Waals surface area (Å²) in [7, 11) is -3.35. The number of sulfone groups is 1. The SMILES string of the molecule is CCCC(CN)C(=O)Nc1cc(S(C)(=O)=O)ccc1Cl. The number of anilines is 1. The van der Waals surface area contributed by atoms with Crippen LogP contribution in [0.15, 0.2) is 23.1 Å². The molecule has 112 valence electrons. The maximum Gasteiger partial charge on any atom is 0.228 e. The molecule has 0 saturated heterocycles. The van der Waals surface area contributed by atoms with Gasteiger partial charge in [0, 0.05) is 12.8 Å². The Balaban J connectivity index is 3.00. The number of rotatable bonds is 6. The van der Waals surface area contributed by atoms with Crippen LogP contribution < -0.4 is 11.1 Å². The van der Waals surface area contributed by atoms with Crippen molar-refractivity contribution in [2.75, 3.05) is 18.1 Å². The average Bonchev–Trinajstić information content (AvgIpc) is 2.37. The van der Waals surface area contributed by atoms with Crippen molar-refractivity contribution in [2.45, 2.75) is 24.7 Å². The van der Waals surface area contributed by atoms with E-state index < -0.39 is 9.84 Å². The third-order valence-electron chi connectivity index (χ3n) is 2.92. The highest BCUT2D eigenvalue weighted by molar-refractivity contribution is 7.90. The summed E-state index contributed by atoms with van der Waals surface area (Å²) in [5.41, 5.74) is 5.85. The first kappa shape index (κ1) is 16.9. The maximum atomic E-state index is 12.0. The van der Waals surface area contributed by atoms with E-state index >= 15 is 0 Å². The third-order valence-corrected chi connectivity index (χ3v) is 4.36. The number of carbonyl (C=O) groups is 1. The number of benzene rings is 1. The van der Waals surface area contributed by atoms with E-state index in [9.17, 15) is 13.2 Å². The van der Waals surface area contributed by atoms with E-state index in [-0.39, 0.29) is 34.0 Å². The van der Waals surface area contributed by atoms with Gasteiger partial charge >= 0.3 is 0 Å². The smallest absolute Gasteiger partial charge is 0.228 e. The lowest BCUT2D eigenvalue weighted by Crippen LogP contribution is -2.29. The summed E-state index contributed by atoms with van der Waals surface area (Å²) in [6.45, 7) is 2.20. The number of hydrogen-bond donors (Lipinski definition) is 2. The zero-order valence-corrected chi connectivity index (χ0v) is 13.1. The fraction of sp³-hybridized carbons (Fsp3) is 0.462. The Morgan fingerprint density at radius 1 is 1.45 bits per heavy atom. The molecule has 0 saturated carbocycles. The second-order valence-corrected chi connectivity index (χ2v) is 7.05. The zero-order chi connectivity index (χ0) is 15.3. The number of carbonyl (C=O) groups excluding carboxylic acids is 1. The van der Waals surface area contributed by atoms with E-state index in [0.29, 0.717) is 6.42 Å².